The first-order valence-electron chi connectivity index (χ1n) is 5.29. The maximum absolute atomic E-state index is 6.12. The number of hydrogen-bond acceptors (Lipinski definition) is 2. The average molecular weight is 207 g/mol. The Bertz CT molecular complexity index is 290. The Morgan fingerprint density at radius 3 is 2.50 bits per heavy atom. The second kappa shape index (κ2) is 4.37. The molecule has 1 aliphatic carbocycles. The van der Waals surface area contributed by atoms with E-state index >= 15 is 0 Å². The van der Waals surface area contributed by atoms with Crippen molar-refractivity contribution in [2.75, 3.05) is 5.75 Å². The van der Waals surface area contributed by atoms with Gasteiger partial charge in [-0.25, -0.2) is 0 Å². The minimum atomic E-state index is 0.274. The molecule has 0 aromatic heterocycles. The van der Waals surface area contributed by atoms with Crippen molar-refractivity contribution >= 4 is 11.8 Å². The van der Waals surface area contributed by atoms with Crippen molar-refractivity contribution in [1.82, 2.24) is 0 Å². The Hall–Kier alpha value is -0.470. The van der Waals surface area contributed by atoms with Crippen molar-refractivity contribution in [1.29, 1.82) is 0 Å². The molecule has 1 nitrogen and oxygen atoms in total. The molecule has 76 valence electrons. The molecular weight excluding hydrogens is 190 g/mol. The molecule has 0 amide bonds. The fourth-order valence-corrected chi connectivity index (χ4v) is 2.34. The Morgan fingerprint density at radius 2 is 2.00 bits per heavy atom. The number of benzene rings is 1. The lowest BCUT2D eigenvalue weighted by atomic mass is 10.0. The molecule has 1 saturated carbocycles. The first-order chi connectivity index (χ1) is 6.81. The fourth-order valence-electron chi connectivity index (χ4n) is 1.68. The molecule has 2 rings (SSSR count). The molecule has 1 aliphatic rings. The summed E-state index contributed by atoms with van der Waals surface area (Å²) < 4.78 is 0. The number of nitrogens with two attached hydrogens (primary N) is 1. The molecule has 0 aliphatic heterocycles. The van der Waals surface area contributed by atoms with Crippen LogP contribution in [0.3, 0.4) is 0 Å². The molecule has 2 heteroatoms. The van der Waals surface area contributed by atoms with Gasteiger partial charge in [-0.3, -0.25) is 0 Å². The van der Waals surface area contributed by atoms with Gasteiger partial charge >= 0.3 is 0 Å². The molecule has 0 unspecified atom stereocenters. The van der Waals surface area contributed by atoms with Crippen LogP contribution in [0.4, 0.5) is 0 Å². The van der Waals surface area contributed by atoms with E-state index in [-0.39, 0.29) is 6.04 Å². The van der Waals surface area contributed by atoms with Gasteiger partial charge in [0.25, 0.3) is 0 Å². The van der Waals surface area contributed by atoms with Crippen LogP contribution in [0.15, 0.2) is 29.2 Å². The van der Waals surface area contributed by atoms with Crippen LogP contribution in [0.2, 0.25) is 0 Å². The summed E-state index contributed by atoms with van der Waals surface area (Å²) in [6.07, 6.45) is 2.62. The molecule has 2 N–H and O–H groups in total. The smallest absolute Gasteiger partial charge is 0.0323 e. The number of hydrogen-bond donors (Lipinski definition) is 1. The summed E-state index contributed by atoms with van der Waals surface area (Å²) in [5, 5.41) is 0. The Morgan fingerprint density at radius 1 is 1.36 bits per heavy atom. The normalized spacial score (nSPS) is 18.1. The highest BCUT2D eigenvalue weighted by molar-refractivity contribution is 7.99. The molecule has 0 bridgehead atoms. The van der Waals surface area contributed by atoms with E-state index in [1.165, 1.54) is 23.3 Å². The summed E-state index contributed by atoms with van der Waals surface area (Å²) >= 11 is 1.88. The van der Waals surface area contributed by atoms with E-state index < -0.39 is 0 Å². The van der Waals surface area contributed by atoms with Crippen LogP contribution in [0.1, 0.15) is 31.4 Å². The summed E-state index contributed by atoms with van der Waals surface area (Å²) in [6, 6.07) is 9.01. The van der Waals surface area contributed by atoms with Gasteiger partial charge in [0.15, 0.2) is 0 Å². The summed E-state index contributed by atoms with van der Waals surface area (Å²) in [4.78, 5) is 1.35. The lowest BCUT2D eigenvalue weighted by Crippen LogP contribution is -2.11. The van der Waals surface area contributed by atoms with Crippen LogP contribution in [0, 0.1) is 5.92 Å². The second-order valence-corrected chi connectivity index (χ2v) is 5.20. The van der Waals surface area contributed by atoms with E-state index in [4.69, 9.17) is 5.73 Å². The predicted octanol–water partition coefficient (Wildman–Crippen LogP) is 3.21. The quantitative estimate of drug-likeness (QED) is 0.767. The summed E-state index contributed by atoms with van der Waals surface area (Å²) in [6.45, 7) is 2.18. The highest BCUT2D eigenvalue weighted by Crippen LogP contribution is 2.39. The molecule has 0 heterocycles. The van der Waals surface area contributed by atoms with Crippen molar-refractivity contribution in [3.8, 4) is 0 Å². The van der Waals surface area contributed by atoms with Crippen LogP contribution in [0.25, 0.3) is 0 Å². The SMILES string of the molecule is CCSc1ccc([C@H](N)C2CC2)cc1. The zero-order valence-corrected chi connectivity index (χ0v) is 9.39. The predicted molar refractivity (Wildman–Crippen MR) is 62.5 cm³/mol. The van der Waals surface area contributed by atoms with Crippen molar-refractivity contribution in [3.05, 3.63) is 29.8 Å². The zero-order valence-electron chi connectivity index (χ0n) is 8.57. The van der Waals surface area contributed by atoms with Gasteiger partial charge in [0.1, 0.15) is 0 Å². The summed E-state index contributed by atoms with van der Waals surface area (Å²) in [7, 11) is 0. The van der Waals surface area contributed by atoms with Crippen molar-refractivity contribution in [2.45, 2.75) is 30.7 Å². The lowest BCUT2D eigenvalue weighted by Gasteiger charge is -2.10. The zero-order chi connectivity index (χ0) is 9.97. The van der Waals surface area contributed by atoms with Gasteiger partial charge in [0.2, 0.25) is 0 Å². The lowest BCUT2D eigenvalue weighted by molar-refractivity contribution is 0.633. The maximum Gasteiger partial charge on any atom is 0.0323 e. The summed E-state index contributed by atoms with van der Waals surface area (Å²) in [5.74, 6) is 1.88. The summed E-state index contributed by atoms with van der Waals surface area (Å²) in [5.41, 5.74) is 7.42. The molecule has 1 aromatic carbocycles. The Balaban J connectivity index is 2.04. The second-order valence-electron chi connectivity index (χ2n) is 3.87. The van der Waals surface area contributed by atoms with Crippen molar-refractivity contribution < 1.29 is 0 Å². The highest BCUT2D eigenvalue weighted by atomic mass is 32.2. The van der Waals surface area contributed by atoms with Crippen LogP contribution in [-0.4, -0.2) is 5.75 Å². The van der Waals surface area contributed by atoms with Gasteiger partial charge < -0.3 is 5.73 Å². The molecule has 1 atom stereocenters. The van der Waals surface area contributed by atoms with Crippen molar-refractivity contribution in [2.24, 2.45) is 11.7 Å². The molecule has 14 heavy (non-hydrogen) atoms. The molecule has 0 spiro atoms. The fraction of sp³-hybridized carbons (Fsp3) is 0.500. The van der Waals surface area contributed by atoms with E-state index in [9.17, 15) is 0 Å². The first-order valence-corrected chi connectivity index (χ1v) is 6.28. The van der Waals surface area contributed by atoms with Crippen LogP contribution in [-0.2, 0) is 0 Å². The van der Waals surface area contributed by atoms with Crippen LogP contribution >= 0.6 is 11.8 Å². The molecule has 0 radical (unpaired) electrons. The van der Waals surface area contributed by atoms with Gasteiger partial charge in [-0.1, -0.05) is 19.1 Å². The van der Waals surface area contributed by atoms with Crippen LogP contribution < -0.4 is 5.73 Å². The van der Waals surface area contributed by atoms with Gasteiger partial charge in [-0.05, 0) is 42.2 Å². The topological polar surface area (TPSA) is 26.0 Å². The average Bonchev–Trinajstić information content (AvgIpc) is 3.02. The maximum atomic E-state index is 6.12. The minimum absolute atomic E-state index is 0.274. The Labute approximate surface area is 90.1 Å². The largest absolute Gasteiger partial charge is 0.324 e. The first kappa shape index (κ1) is 10.1. The molecule has 0 saturated heterocycles. The number of thioether (sulfide) groups is 1. The third-order valence-electron chi connectivity index (χ3n) is 2.71. The van der Waals surface area contributed by atoms with Gasteiger partial charge in [0, 0.05) is 10.9 Å². The molecule has 1 fully saturated rings. The third-order valence-corrected chi connectivity index (χ3v) is 3.60. The van der Waals surface area contributed by atoms with E-state index in [1.54, 1.807) is 0 Å². The monoisotopic (exact) mass is 207 g/mol. The third kappa shape index (κ3) is 2.31. The molecular formula is C12H17NS. The van der Waals surface area contributed by atoms with Gasteiger partial charge in [-0.2, -0.15) is 0 Å². The number of rotatable bonds is 4. The van der Waals surface area contributed by atoms with Gasteiger partial charge in [0.05, 0.1) is 0 Å². The highest BCUT2D eigenvalue weighted by Gasteiger charge is 2.29. The van der Waals surface area contributed by atoms with Gasteiger partial charge in [-0.15, -0.1) is 11.8 Å². The van der Waals surface area contributed by atoms with Crippen molar-refractivity contribution in [3.63, 3.8) is 0 Å². The van der Waals surface area contributed by atoms with E-state index in [2.05, 4.69) is 31.2 Å². The van der Waals surface area contributed by atoms with E-state index in [1.807, 2.05) is 11.8 Å². The Kier molecular flexibility index (Phi) is 3.14. The minimum Gasteiger partial charge on any atom is -0.324 e. The van der Waals surface area contributed by atoms with E-state index in [0.717, 1.165) is 11.7 Å². The molecule has 1 aromatic rings. The van der Waals surface area contributed by atoms with E-state index in [0.29, 0.717) is 0 Å². The van der Waals surface area contributed by atoms with Crippen LogP contribution in [0.5, 0.6) is 0 Å². The standard InChI is InChI=1S/C12H17NS/c1-2-14-11-7-5-10(6-8-11)12(13)9-3-4-9/h5-9,12H,2-4,13H2,1H3/t12-/m1/s1.